The van der Waals surface area contributed by atoms with Gasteiger partial charge in [0.15, 0.2) is 5.78 Å². The molecular weight excluding hydrogens is 327 g/mol. The van der Waals surface area contributed by atoms with Gasteiger partial charge in [-0.3, -0.25) is 14.5 Å². The zero-order valence-electron chi connectivity index (χ0n) is 14.3. The van der Waals surface area contributed by atoms with Crippen molar-refractivity contribution in [1.29, 1.82) is 0 Å². The van der Waals surface area contributed by atoms with Gasteiger partial charge >= 0.3 is 6.09 Å². The van der Waals surface area contributed by atoms with E-state index in [1.807, 2.05) is 0 Å². The highest BCUT2D eigenvalue weighted by molar-refractivity contribution is 5.88. The van der Waals surface area contributed by atoms with E-state index in [-0.39, 0.29) is 30.6 Å². The number of nitrogens with zero attached hydrogens (tertiary/aromatic N) is 2. The van der Waals surface area contributed by atoms with E-state index in [1.165, 1.54) is 22.8 Å². The molecule has 0 radical (unpaired) electrons. The zero-order valence-corrected chi connectivity index (χ0v) is 14.3. The number of hydrogen-bond acceptors (Lipinski definition) is 4. The second-order valence-corrected chi connectivity index (χ2v) is 6.50. The van der Waals surface area contributed by atoms with Gasteiger partial charge in [-0.25, -0.2) is 9.18 Å². The lowest BCUT2D eigenvalue weighted by atomic mass is 10.1. The molecule has 2 aliphatic heterocycles. The van der Waals surface area contributed by atoms with Gasteiger partial charge in [-0.15, -0.1) is 0 Å². The van der Waals surface area contributed by atoms with Gasteiger partial charge in [0.25, 0.3) is 0 Å². The minimum absolute atomic E-state index is 0.115. The maximum atomic E-state index is 13.8. The monoisotopic (exact) mass is 348 g/mol. The first kappa shape index (κ1) is 17.4. The predicted molar refractivity (Wildman–Crippen MR) is 87.0 cm³/mol. The van der Waals surface area contributed by atoms with Gasteiger partial charge in [0.2, 0.25) is 5.91 Å². The third-order valence-corrected chi connectivity index (χ3v) is 4.81. The standard InChI is InChI=1S/C18H21FN2O4/c1-3-17(23)21-9-13(7-16(21)11(2)22)25-18(24)20-8-12-5-4-6-15(19)14(12)10-20/h4-6,13,16H,3,7-10H2,1-2H3. The van der Waals surface area contributed by atoms with Gasteiger partial charge < -0.3 is 9.64 Å². The Labute approximate surface area is 145 Å². The van der Waals surface area contributed by atoms with Crippen LogP contribution in [0.5, 0.6) is 0 Å². The smallest absolute Gasteiger partial charge is 0.410 e. The Morgan fingerprint density at radius 1 is 1.28 bits per heavy atom. The lowest BCUT2D eigenvalue weighted by molar-refractivity contribution is -0.136. The van der Waals surface area contributed by atoms with Gasteiger partial charge in [-0.1, -0.05) is 19.1 Å². The van der Waals surface area contributed by atoms with Crippen LogP contribution in [0.3, 0.4) is 0 Å². The molecule has 1 saturated heterocycles. The zero-order chi connectivity index (χ0) is 18.1. The van der Waals surface area contributed by atoms with Gasteiger partial charge in [-0.05, 0) is 18.6 Å². The van der Waals surface area contributed by atoms with Crippen LogP contribution >= 0.6 is 0 Å². The predicted octanol–water partition coefficient (Wildman–Crippen LogP) is 2.25. The largest absolute Gasteiger partial charge is 0.444 e. The van der Waals surface area contributed by atoms with E-state index in [9.17, 15) is 18.8 Å². The number of amides is 2. The number of hydrogen-bond donors (Lipinski definition) is 0. The summed E-state index contributed by atoms with van der Waals surface area (Å²) >= 11 is 0. The molecule has 0 spiro atoms. The molecule has 0 N–H and O–H groups in total. The van der Waals surface area contributed by atoms with Crippen molar-refractivity contribution < 1.29 is 23.5 Å². The molecule has 1 aromatic rings. The molecule has 134 valence electrons. The Bertz CT molecular complexity index is 721. The molecule has 3 rings (SSSR count). The maximum Gasteiger partial charge on any atom is 0.410 e. The molecule has 2 aliphatic rings. The highest BCUT2D eigenvalue weighted by Crippen LogP contribution is 2.27. The van der Waals surface area contributed by atoms with E-state index in [0.29, 0.717) is 24.9 Å². The molecule has 1 fully saturated rings. The quantitative estimate of drug-likeness (QED) is 0.840. The third-order valence-electron chi connectivity index (χ3n) is 4.81. The minimum atomic E-state index is -0.548. The van der Waals surface area contributed by atoms with Crippen LogP contribution in [0.25, 0.3) is 0 Å². The molecule has 6 nitrogen and oxygen atoms in total. The topological polar surface area (TPSA) is 66.9 Å². The number of carbonyl (C=O) groups excluding carboxylic acids is 3. The second-order valence-electron chi connectivity index (χ2n) is 6.50. The lowest BCUT2D eigenvalue weighted by Gasteiger charge is -2.21. The van der Waals surface area contributed by atoms with Gasteiger partial charge in [0, 0.05) is 24.9 Å². The van der Waals surface area contributed by atoms with E-state index >= 15 is 0 Å². The first-order valence-corrected chi connectivity index (χ1v) is 8.42. The molecule has 0 aliphatic carbocycles. The summed E-state index contributed by atoms with van der Waals surface area (Å²) in [6.45, 7) is 3.85. The molecule has 0 bridgehead atoms. The second kappa shape index (κ2) is 6.82. The van der Waals surface area contributed by atoms with E-state index in [0.717, 1.165) is 5.56 Å². The fourth-order valence-electron chi connectivity index (χ4n) is 3.47. The highest BCUT2D eigenvalue weighted by Gasteiger charge is 2.40. The van der Waals surface area contributed by atoms with E-state index in [4.69, 9.17) is 4.74 Å². The summed E-state index contributed by atoms with van der Waals surface area (Å²) in [6.07, 6.45) is -0.466. The average Bonchev–Trinajstić information content (AvgIpc) is 3.19. The number of Topliss-reactive ketones (excluding diaryl/α,β-unsaturated/α-hetero) is 1. The van der Waals surface area contributed by atoms with Crippen molar-refractivity contribution in [2.24, 2.45) is 0 Å². The van der Waals surface area contributed by atoms with Crippen LogP contribution in [0.15, 0.2) is 18.2 Å². The number of carbonyl (C=O) groups is 3. The maximum absolute atomic E-state index is 13.8. The number of ether oxygens (including phenoxy) is 1. The summed E-state index contributed by atoms with van der Waals surface area (Å²) in [4.78, 5) is 39.1. The van der Waals surface area contributed by atoms with Crippen molar-refractivity contribution in [3.05, 3.63) is 35.1 Å². The van der Waals surface area contributed by atoms with Crippen LogP contribution < -0.4 is 0 Å². The molecule has 0 aromatic heterocycles. The highest BCUT2D eigenvalue weighted by atomic mass is 19.1. The van der Waals surface area contributed by atoms with Crippen LogP contribution in [0.4, 0.5) is 9.18 Å². The summed E-state index contributed by atoms with van der Waals surface area (Å²) in [7, 11) is 0. The van der Waals surface area contributed by atoms with Crippen LogP contribution in [-0.2, 0) is 27.4 Å². The van der Waals surface area contributed by atoms with E-state index in [2.05, 4.69) is 0 Å². The molecule has 7 heteroatoms. The summed E-state index contributed by atoms with van der Waals surface area (Å²) in [5.41, 5.74) is 1.28. The van der Waals surface area contributed by atoms with Gasteiger partial charge in [0.05, 0.1) is 19.1 Å². The van der Waals surface area contributed by atoms with Crippen molar-refractivity contribution in [2.75, 3.05) is 6.54 Å². The molecule has 1 aromatic carbocycles. The summed E-state index contributed by atoms with van der Waals surface area (Å²) < 4.78 is 19.3. The number of fused-ring (bicyclic) bond motifs is 1. The molecule has 2 unspecified atom stereocenters. The third kappa shape index (κ3) is 3.36. The lowest BCUT2D eigenvalue weighted by Crippen LogP contribution is -2.39. The molecular formula is C18H21FN2O4. The normalized spacial score (nSPS) is 22.0. The molecule has 0 saturated carbocycles. The Balaban J connectivity index is 1.64. The number of ketones is 1. The van der Waals surface area contributed by atoms with Crippen LogP contribution in [-0.4, -0.2) is 46.3 Å². The van der Waals surface area contributed by atoms with Crippen molar-refractivity contribution >= 4 is 17.8 Å². The van der Waals surface area contributed by atoms with Crippen molar-refractivity contribution in [3.63, 3.8) is 0 Å². The summed E-state index contributed by atoms with van der Waals surface area (Å²) in [5.74, 6) is -0.574. The number of rotatable bonds is 3. The first-order chi connectivity index (χ1) is 11.9. The summed E-state index contributed by atoms with van der Waals surface area (Å²) in [6, 6.07) is 4.23. The number of halogens is 1. The van der Waals surface area contributed by atoms with Crippen molar-refractivity contribution in [1.82, 2.24) is 9.80 Å². The Morgan fingerprint density at radius 3 is 2.68 bits per heavy atom. The van der Waals surface area contributed by atoms with Crippen LogP contribution in [0, 0.1) is 5.82 Å². The van der Waals surface area contributed by atoms with E-state index < -0.39 is 18.2 Å². The number of likely N-dealkylation sites (tertiary alicyclic amines) is 1. The fourth-order valence-corrected chi connectivity index (χ4v) is 3.47. The molecule has 2 atom stereocenters. The van der Waals surface area contributed by atoms with E-state index in [1.54, 1.807) is 19.1 Å². The van der Waals surface area contributed by atoms with Gasteiger partial charge in [0.1, 0.15) is 11.9 Å². The Morgan fingerprint density at radius 2 is 2.04 bits per heavy atom. The Kier molecular flexibility index (Phi) is 4.74. The average molecular weight is 348 g/mol. The molecule has 2 amide bonds. The van der Waals surface area contributed by atoms with Gasteiger partial charge in [-0.2, -0.15) is 0 Å². The van der Waals surface area contributed by atoms with Crippen molar-refractivity contribution in [3.8, 4) is 0 Å². The van der Waals surface area contributed by atoms with Crippen molar-refractivity contribution in [2.45, 2.75) is 51.9 Å². The first-order valence-electron chi connectivity index (χ1n) is 8.42. The van der Waals surface area contributed by atoms with Crippen LogP contribution in [0.1, 0.15) is 37.8 Å². The molecule has 25 heavy (non-hydrogen) atoms. The Hall–Kier alpha value is -2.44. The summed E-state index contributed by atoms with van der Waals surface area (Å²) in [5, 5.41) is 0. The number of benzene rings is 1. The van der Waals surface area contributed by atoms with Crippen LogP contribution in [0.2, 0.25) is 0 Å². The minimum Gasteiger partial charge on any atom is -0.444 e. The fraction of sp³-hybridized carbons (Fsp3) is 0.500. The SMILES string of the molecule is CCC(=O)N1CC(OC(=O)N2Cc3cccc(F)c3C2)CC1C(C)=O. The molecule has 2 heterocycles.